The third-order valence-electron chi connectivity index (χ3n) is 3.39. The maximum Gasteiger partial charge on any atom is 0.307 e. The van der Waals surface area contributed by atoms with E-state index >= 15 is 0 Å². The van der Waals surface area contributed by atoms with E-state index in [4.69, 9.17) is 9.52 Å². The van der Waals surface area contributed by atoms with E-state index in [1.165, 1.54) is 0 Å². The van der Waals surface area contributed by atoms with Crippen molar-refractivity contribution in [2.24, 2.45) is 0 Å². The van der Waals surface area contributed by atoms with Gasteiger partial charge in [-0.25, -0.2) is 9.97 Å². The molecule has 0 saturated heterocycles. The highest BCUT2D eigenvalue weighted by Crippen LogP contribution is 2.26. The van der Waals surface area contributed by atoms with Crippen LogP contribution in [0.25, 0.3) is 22.6 Å². The van der Waals surface area contributed by atoms with Crippen LogP contribution in [0.5, 0.6) is 0 Å². The SMILES string of the molecule is Cc1nc(-c2cc3ccccc3o2)nc(C)c1CC(=O)O. The lowest BCUT2D eigenvalue weighted by Gasteiger charge is -2.07. The van der Waals surface area contributed by atoms with E-state index in [2.05, 4.69) is 9.97 Å². The van der Waals surface area contributed by atoms with Crippen molar-refractivity contribution in [2.45, 2.75) is 20.3 Å². The number of furan rings is 1. The molecule has 0 atom stereocenters. The van der Waals surface area contributed by atoms with Gasteiger partial charge in [-0.15, -0.1) is 0 Å². The van der Waals surface area contributed by atoms with Crippen molar-refractivity contribution in [3.05, 3.63) is 47.3 Å². The van der Waals surface area contributed by atoms with E-state index < -0.39 is 5.97 Å². The Morgan fingerprint density at radius 3 is 2.48 bits per heavy atom. The number of hydrogen-bond acceptors (Lipinski definition) is 4. The van der Waals surface area contributed by atoms with Crippen LogP contribution in [0.2, 0.25) is 0 Å². The third kappa shape index (κ3) is 2.50. The Labute approximate surface area is 121 Å². The zero-order valence-electron chi connectivity index (χ0n) is 11.8. The van der Waals surface area contributed by atoms with E-state index in [-0.39, 0.29) is 6.42 Å². The first-order valence-electron chi connectivity index (χ1n) is 6.59. The molecule has 5 nitrogen and oxygen atoms in total. The molecule has 1 aromatic carbocycles. The van der Waals surface area contributed by atoms with Gasteiger partial charge in [-0.05, 0) is 26.0 Å². The minimum Gasteiger partial charge on any atom is -0.481 e. The average molecular weight is 282 g/mol. The fourth-order valence-electron chi connectivity index (χ4n) is 2.35. The fourth-order valence-corrected chi connectivity index (χ4v) is 2.35. The lowest BCUT2D eigenvalue weighted by Crippen LogP contribution is -2.08. The minimum atomic E-state index is -0.888. The van der Waals surface area contributed by atoms with Gasteiger partial charge in [0, 0.05) is 22.3 Å². The largest absolute Gasteiger partial charge is 0.481 e. The molecule has 0 saturated carbocycles. The molecule has 0 aliphatic heterocycles. The number of nitrogens with zero attached hydrogens (tertiary/aromatic N) is 2. The quantitative estimate of drug-likeness (QED) is 0.798. The topological polar surface area (TPSA) is 76.2 Å². The molecule has 0 aliphatic rings. The number of aryl methyl sites for hydroxylation is 2. The highest BCUT2D eigenvalue weighted by molar-refractivity contribution is 5.81. The predicted molar refractivity (Wildman–Crippen MR) is 78.1 cm³/mol. The summed E-state index contributed by atoms with van der Waals surface area (Å²) in [5.41, 5.74) is 2.77. The second-order valence-corrected chi connectivity index (χ2v) is 4.92. The second-order valence-electron chi connectivity index (χ2n) is 4.92. The number of hydrogen-bond donors (Lipinski definition) is 1. The Bertz CT molecular complexity index is 780. The standard InChI is InChI=1S/C16H14N2O3/c1-9-12(8-15(19)20)10(2)18-16(17-9)14-7-11-5-3-4-6-13(11)21-14/h3-7H,8H2,1-2H3,(H,19,20). The molecule has 0 unspecified atom stereocenters. The van der Waals surface area contributed by atoms with Gasteiger partial charge in [0.05, 0.1) is 6.42 Å². The normalized spacial score (nSPS) is 11.0. The first-order chi connectivity index (χ1) is 10.0. The smallest absolute Gasteiger partial charge is 0.307 e. The number of carboxylic acid groups (broad SMARTS) is 1. The van der Waals surface area contributed by atoms with Crippen LogP contribution in [0.3, 0.4) is 0 Å². The Hall–Kier alpha value is -2.69. The molecule has 21 heavy (non-hydrogen) atoms. The van der Waals surface area contributed by atoms with Gasteiger partial charge < -0.3 is 9.52 Å². The van der Waals surface area contributed by atoms with Crippen LogP contribution >= 0.6 is 0 Å². The number of carbonyl (C=O) groups is 1. The summed E-state index contributed by atoms with van der Waals surface area (Å²) >= 11 is 0. The molecule has 5 heteroatoms. The van der Waals surface area contributed by atoms with Gasteiger partial charge in [-0.2, -0.15) is 0 Å². The van der Waals surface area contributed by atoms with E-state index in [1.54, 1.807) is 13.8 Å². The van der Waals surface area contributed by atoms with Crippen molar-refractivity contribution >= 4 is 16.9 Å². The van der Waals surface area contributed by atoms with E-state index in [1.807, 2.05) is 30.3 Å². The Kier molecular flexibility index (Phi) is 3.17. The Balaban J connectivity index is 2.08. The molecule has 0 spiro atoms. The summed E-state index contributed by atoms with van der Waals surface area (Å²) in [6.07, 6.45) is -0.0714. The summed E-state index contributed by atoms with van der Waals surface area (Å²) in [4.78, 5) is 19.6. The monoisotopic (exact) mass is 282 g/mol. The molecular weight excluding hydrogens is 268 g/mol. The number of para-hydroxylation sites is 1. The zero-order valence-corrected chi connectivity index (χ0v) is 11.8. The fraction of sp³-hybridized carbons (Fsp3) is 0.188. The number of carboxylic acids is 1. The van der Waals surface area contributed by atoms with Crippen LogP contribution in [0.15, 0.2) is 34.7 Å². The van der Waals surface area contributed by atoms with Crippen molar-refractivity contribution in [3.63, 3.8) is 0 Å². The van der Waals surface area contributed by atoms with E-state index in [0.717, 1.165) is 11.0 Å². The number of benzene rings is 1. The zero-order chi connectivity index (χ0) is 15.0. The first kappa shape index (κ1) is 13.3. The summed E-state index contributed by atoms with van der Waals surface area (Å²) in [5, 5.41) is 9.91. The molecule has 0 aliphatic carbocycles. The second kappa shape index (κ2) is 5.01. The lowest BCUT2D eigenvalue weighted by atomic mass is 10.1. The van der Waals surface area contributed by atoms with Crippen LogP contribution in [-0.2, 0) is 11.2 Å². The Morgan fingerprint density at radius 1 is 1.19 bits per heavy atom. The van der Waals surface area contributed by atoms with Gasteiger partial charge in [0.15, 0.2) is 11.6 Å². The summed E-state index contributed by atoms with van der Waals surface area (Å²) in [6, 6.07) is 9.58. The van der Waals surface area contributed by atoms with Crippen molar-refractivity contribution in [1.29, 1.82) is 0 Å². The summed E-state index contributed by atoms with van der Waals surface area (Å²) in [6.45, 7) is 3.58. The van der Waals surface area contributed by atoms with Crippen molar-refractivity contribution in [1.82, 2.24) is 9.97 Å². The molecule has 2 aromatic heterocycles. The minimum absolute atomic E-state index is 0.0714. The molecule has 0 amide bonds. The molecule has 0 radical (unpaired) electrons. The Morgan fingerprint density at radius 2 is 1.86 bits per heavy atom. The maximum absolute atomic E-state index is 10.9. The average Bonchev–Trinajstić information content (AvgIpc) is 2.86. The molecule has 3 aromatic rings. The van der Waals surface area contributed by atoms with Crippen LogP contribution in [0.1, 0.15) is 17.0 Å². The van der Waals surface area contributed by atoms with Gasteiger partial charge in [0.25, 0.3) is 0 Å². The highest BCUT2D eigenvalue weighted by Gasteiger charge is 2.15. The van der Waals surface area contributed by atoms with E-state index in [0.29, 0.717) is 28.5 Å². The number of aliphatic carboxylic acids is 1. The van der Waals surface area contributed by atoms with Crippen molar-refractivity contribution < 1.29 is 14.3 Å². The van der Waals surface area contributed by atoms with Gasteiger partial charge in [0.2, 0.25) is 0 Å². The molecule has 1 N–H and O–H groups in total. The molecule has 2 heterocycles. The summed E-state index contributed by atoms with van der Waals surface area (Å²) in [7, 11) is 0. The van der Waals surface area contributed by atoms with Gasteiger partial charge in [-0.1, -0.05) is 18.2 Å². The lowest BCUT2D eigenvalue weighted by molar-refractivity contribution is -0.136. The molecule has 3 rings (SSSR count). The van der Waals surface area contributed by atoms with Crippen molar-refractivity contribution in [3.8, 4) is 11.6 Å². The maximum atomic E-state index is 10.9. The van der Waals surface area contributed by atoms with Crippen LogP contribution < -0.4 is 0 Å². The number of aromatic nitrogens is 2. The van der Waals surface area contributed by atoms with Crippen molar-refractivity contribution in [2.75, 3.05) is 0 Å². The van der Waals surface area contributed by atoms with E-state index in [9.17, 15) is 4.79 Å². The predicted octanol–water partition coefficient (Wildman–Crippen LogP) is 3.13. The molecular formula is C16H14N2O3. The summed E-state index contributed by atoms with van der Waals surface area (Å²) in [5.74, 6) is 0.181. The molecule has 0 bridgehead atoms. The molecule has 106 valence electrons. The van der Waals surface area contributed by atoms with Crippen LogP contribution in [0.4, 0.5) is 0 Å². The van der Waals surface area contributed by atoms with Crippen LogP contribution in [0, 0.1) is 13.8 Å². The summed E-state index contributed by atoms with van der Waals surface area (Å²) < 4.78 is 5.74. The third-order valence-corrected chi connectivity index (χ3v) is 3.39. The van der Waals surface area contributed by atoms with Gasteiger partial charge >= 0.3 is 5.97 Å². The number of fused-ring (bicyclic) bond motifs is 1. The van der Waals surface area contributed by atoms with Gasteiger partial charge in [0.1, 0.15) is 5.58 Å². The number of rotatable bonds is 3. The van der Waals surface area contributed by atoms with Gasteiger partial charge in [-0.3, -0.25) is 4.79 Å². The molecule has 0 fully saturated rings. The van der Waals surface area contributed by atoms with Crippen LogP contribution in [-0.4, -0.2) is 21.0 Å². The first-order valence-corrected chi connectivity index (χ1v) is 6.59. The highest BCUT2D eigenvalue weighted by atomic mass is 16.4.